The Labute approximate surface area is 143 Å². The Morgan fingerprint density at radius 2 is 2.20 bits per heavy atom. The van der Waals surface area contributed by atoms with Crippen molar-refractivity contribution in [3.8, 4) is 11.8 Å². The summed E-state index contributed by atoms with van der Waals surface area (Å²) in [6.45, 7) is 1.09. The summed E-state index contributed by atoms with van der Waals surface area (Å²) >= 11 is 0. The first-order valence-electron chi connectivity index (χ1n) is 8.07. The fourth-order valence-corrected chi connectivity index (χ4v) is 2.63. The molecule has 3 heterocycles. The predicted octanol–water partition coefficient (Wildman–Crippen LogP) is 2.31. The molecule has 0 amide bonds. The van der Waals surface area contributed by atoms with Crippen molar-refractivity contribution >= 4 is 11.6 Å². The minimum Gasteiger partial charge on any atom is -0.473 e. The molecule has 1 saturated heterocycles. The summed E-state index contributed by atoms with van der Waals surface area (Å²) in [4.78, 5) is 8.44. The van der Waals surface area contributed by atoms with Crippen LogP contribution in [0.3, 0.4) is 0 Å². The Bertz CT molecular complexity index is 684. The van der Waals surface area contributed by atoms with Crippen molar-refractivity contribution in [2.24, 2.45) is 5.92 Å². The van der Waals surface area contributed by atoms with Crippen molar-refractivity contribution in [1.82, 2.24) is 25.5 Å². The van der Waals surface area contributed by atoms with Gasteiger partial charge in [0, 0.05) is 18.5 Å². The minimum atomic E-state index is -2.93. The van der Waals surface area contributed by atoms with E-state index in [0.29, 0.717) is 23.4 Å². The molecule has 3 N–H and O–H groups in total. The summed E-state index contributed by atoms with van der Waals surface area (Å²) in [7, 11) is 0. The molecule has 1 fully saturated rings. The maximum absolute atomic E-state index is 12.2. The number of alkyl halides is 2. The molecule has 0 bridgehead atoms. The molecule has 10 heteroatoms. The third-order valence-electron chi connectivity index (χ3n) is 3.85. The molecular weight excluding hydrogens is 334 g/mol. The number of aromatic nitrogens is 4. The molecule has 1 aliphatic heterocycles. The first-order valence-corrected chi connectivity index (χ1v) is 8.07. The van der Waals surface area contributed by atoms with Gasteiger partial charge in [0.1, 0.15) is 11.9 Å². The van der Waals surface area contributed by atoms with Crippen molar-refractivity contribution in [3.63, 3.8) is 0 Å². The number of nitrogens with one attached hydrogen (secondary N) is 3. The number of aromatic amines is 1. The summed E-state index contributed by atoms with van der Waals surface area (Å²) in [5.41, 5.74) is 0. The maximum atomic E-state index is 12.2. The fraction of sp³-hybridized carbons (Fsp3) is 0.533. The maximum Gasteiger partial charge on any atom is 0.388 e. The SMILES string of the molecule is C[C@@H]1CNCCC[C@@H]1Oc1cncc(Nc2cc(OC(F)F)n[nH]2)n1. The number of hydrogen-bond donors (Lipinski definition) is 3. The zero-order valence-electron chi connectivity index (χ0n) is 13.7. The number of rotatable bonds is 6. The van der Waals surface area contributed by atoms with Crippen molar-refractivity contribution in [3.05, 3.63) is 18.5 Å². The number of nitrogens with zero attached hydrogens (tertiary/aromatic N) is 3. The van der Waals surface area contributed by atoms with Crippen LogP contribution in [0.5, 0.6) is 11.8 Å². The zero-order chi connectivity index (χ0) is 17.6. The van der Waals surface area contributed by atoms with Gasteiger partial charge < -0.3 is 20.1 Å². The molecule has 2 atom stereocenters. The molecule has 0 saturated carbocycles. The van der Waals surface area contributed by atoms with Crippen LogP contribution in [0.15, 0.2) is 18.5 Å². The Morgan fingerprint density at radius 3 is 3.04 bits per heavy atom. The third-order valence-corrected chi connectivity index (χ3v) is 3.85. The zero-order valence-corrected chi connectivity index (χ0v) is 13.7. The van der Waals surface area contributed by atoms with Crippen molar-refractivity contribution in [2.45, 2.75) is 32.5 Å². The van der Waals surface area contributed by atoms with Gasteiger partial charge in [-0.2, -0.15) is 13.8 Å². The van der Waals surface area contributed by atoms with Gasteiger partial charge in [-0.1, -0.05) is 6.92 Å². The van der Waals surface area contributed by atoms with Gasteiger partial charge >= 0.3 is 6.61 Å². The van der Waals surface area contributed by atoms with Crippen LogP contribution in [0.25, 0.3) is 0 Å². The second-order valence-corrected chi connectivity index (χ2v) is 5.85. The van der Waals surface area contributed by atoms with Crippen LogP contribution in [0.2, 0.25) is 0 Å². The van der Waals surface area contributed by atoms with Crippen LogP contribution in [0.1, 0.15) is 19.8 Å². The van der Waals surface area contributed by atoms with E-state index in [9.17, 15) is 8.78 Å². The molecule has 0 unspecified atom stereocenters. The van der Waals surface area contributed by atoms with Crippen LogP contribution in [-0.4, -0.2) is 46.0 Å². The first-order chi connectivity index (χ1) is 12.1. The van der Waals surface area contributed by atoms with Crippen LogP contribution < -0.4 is 20.1 Å². The highest BCUT2D eigenvalue weighted by Crippen LogP contribution is 2.22. The van der Waals surface area contributed by atoms with Gasteiger partial charge in [-0.3, -0.25) is 10.1 Å². The number of anilines is 2. The Kier molecular flexibility index (Phi) is 5.59. The quantitative estimate of drug-likeness (QED) is 0.732. The van der Waals surface area contributed by atoms with E-state index in [1.807, 2.05) is 0 Å². The molecule has 0 radical (unpaired) electrons. The van der Waals surface area contributed by atoms with E-state index in [1.54, 1.807) is 6.20 Å². The van der Waals surface area contributed by atoms with Crippen LogP contribution >= 0.6 is 0 Å². The lowest BCUT2D eigenvalue weighted by atomic mass is 10.0. The average molecular weight is 354 g/mol. The topological polar surface area (TPSA) is 97.0 Å². The van der Waals surface area contributed by atoms with Gasteiger partial charge in [0.2, 0.25) is 11.8 Å². The lowest BCUT2D eigenvalue weighted by Crippen LogP contribution is -2.29. The van der Waals surface area contributed by atoms with Gasteiger partial charge in [0.05, 0.1) is 12.4 Å². The predicted molar refractivity (Wildman–Crippen MR) is 86.2 cm³/mol. The summed E-state index contributed by atoms with van der Waals surface area (Å²) in [6.07, 6.45) is 5.11. The lowest BCUT2D eigenvalue weighted by Gasteiger charge is -2.22. The summed E-state index contributed by atoms with van der Waals surface area (Å²) in [5, 5.41) is 12.4. The highest BCUT2D eigenvalue weighted by Gasteiger charge is 2.22. The van der Waals surface area contributed by atoms with Gasteiger partial charge in [-0.15, -0.1) is 5.10 Å². The molecule has 2 aromatic rings. The van der Waals surface area contributed by atoms with Crippen molar-refractivity contribution in [2.75, 3.05) is 18.4 Å². The highest BCUT2D eigenvalue weighted by molar-refractivity contribution is 5.51. The Balaban J connectivity index is 1.63. The van der Waals surface area contributed by atoms with Crippen molar-refractivity contribution in [1.29, 1.82) is 0 Å². The number of ether oxygens (including phenoxy) is 2. The van der Waals surface area contributed by atoms with Gasteiger partial charge in [0.25, 0.3) is 0 Å². The van der Waals surface area contributed by atoms with Gasteiger partial charge in [0.15, 0.2) is 5.82 Å². The Hall–Kier alpha value is -2.49. The number of hydrogen-bond acceptors (Lipinski definition) is 7. The van der Waals surface area contributed by atoms with E-state index in [0.717, 1.165) is 25.9 Å². The molecular formula is C15H20F2N6O2. The van der Waals surface area contributed by atoms with E-state index in [2.05, 4.69) is 42.5 Å². The van der Waals surface area contributed by atoms with E-state index >= 15 is 0 Å². The highest BCUT2D eigenvalue weighted by atomic mass is 19.3. The minimum absolute atomic E-state index is 0.0674. The molecule has 8 nitrogen and oxygen atoms in total. The number of H-pyrrole nitrogens is 1. The third kappa shape index (κ3) is 4.99. The van der Waals surface area contributed by atoms with Crippen LogP contribution in [0.4, 0.5) is 20.4 Å². The molecule has 0 aliphatic carbocycles. The molecule has 3 rings (SSSR count). The van der Waals surface area contributed by atoms with E-state index in [-0.39, 0.29) is 12.0 Å². The fourth-order valence-electron chi connectivity index (χ4n) is 2.63. The summed E-state index contributed by atoms with van der Waals surface area (Å²) < 4.78 is 34.5. The first kappa shape index (κ1) is 17.3. The standard InChI is InChI=1S/C15H20F2N6O2/c1-9-6-18-4-2-3-10(9)24-14-8-19-7-12(21-14)20-11-5-13(23-22-11)25-15(16)17/h5,7-10,15,18H,2-4,6H2,1H3,(H2,20,21,22,23)/t9-,10+/m1/s1. The van der Waals surface area contributed by atoms with E-state index < -0.39 is 6.61 Å². The molecule has 25 heavy (non-hydrogen) atoms. The monoisotopic (exact) mass is 354 g/mol. The lowest BCUT2D eigenvalue weighted by molar-refractivity contribution is -0.0528. The van der Waals surface area contributed by atoms with Crippen molar-refractivity contribution < 1.29 is 18.3 Å². The van der Waals surface area contributed by atoms with Gasteiger partial charge in [-0.05, 0) is 19.4 Å². The summed E-state index contributed by atoms with van der Waals surface area (Å²) in [5.74, 6) is 1.32. The average Bonchev–Trinajstić information content (AvgIpc) is 2.89. The van der Waals surface area contributed by atoms with E-state index in [1.165, 1.54) is 12.3 Å². The Morgan fingerprint density at radius 1 is 1.32 bits per heavy atom. The number of halogens is 2. The van der Waals surface area contributed by atoms with Crippen LogP contribution in [0, 0.1) is 5.92 Å². The van der Waals surface area contributed by atoms with E-state index in [4.69, 9.17) is 4.74 Å². The van der Waals surface area contributed by atoms with Crippen LogP contribution in [-0.2, 0) is 0 Å². The second-order valence-electron chi connectivity index (χ2n) is 5.85. The van der Waals surface area contributed by atoms with Gasteiger partial charge in [-0.25, -0.2) is 0 Å². The molecule has 136 valence electrons. The molecule has 2 aromatic heterocycles. The molecule has 0 spiro atoms. The molecule has 0 aromatic carbocycles. The smallest absolute Gasteiger partial charge is 0.388 e. The molecule has 1 aliphatic rings. The second kappa shape index (κ2) is 8.06. The normalized spacial score (nSPS) is 21.0. The largest absolute Gasteiger partial charge is 0.473 e. The summed E-state index contributed by atoms with van der Waals surface area (Å²) in [6, 6.07) is 1.31.